The number of hydrogen-bond acceptors (Lipinski definition) is 7. The average Bonchev–Trinajstić information content (AvgIpc) is 2.74. The molecule has 30 heavy (non-hydrogen) atoms. The minimum absolute atomic E-state index is 0.0186. The van der Waals surface area contributed by atoms with E-state index in [0.29, 0.717) is 19.3 Å². The molecule has 4 atom stereocenters. The highest BCUT2D eigenvalue weighted by Gasteiger charge is 2.41. The van der Waals surface area contributed by atoms with Crippen molar-refractivity contribution >= 4 is 5.91 Å². The van der Waals surface area contributed by atoms with Gasteiger partial charge in [-0.15, -0.1) is 0 Å². The molecule has 0 radical (unpaired) electrons. The third kappa shape index (κ3) is 5.00. The Labute approximate surface area is 179 Å². The van der Waals surface area contributed by atoms with Gasteiger partial charge >= 0.3 is 0 Å². The summed E-state index contributed by atoms with van der Waals surface area (Å²) in [7, 11) is 0. The lowest BCUT2D eigenvalue weighted by Crippen LogP contribution is -2.71. The van der Waals surface area contributed by atoms with Crippen LogP contribution in [0.25, 0.3) is 0 Å². The van der Waals surface area contributed by atoms with Gasteiger partial charge in [0.15, 0.2) is 0 Å². The predicted octanol–water partition coefficient (Wildman–Crippen LogP) is 0.466. The third-order valence-electron chi connectivity index (χ3n) is 6.21. The third-order valence-corrected chi connectivity index (χ3v) is 6.21. The number of hydrogen-bond donors (Lipinski definition) is 4. The van der Waals surface area contributed by atoms with Gasteiger partial charge in [0, 0.05) is 36.8 Å². The summed E-state index contributed by atoms with van der Waals surface area (Å²) in [5, 5.41) is 14.0. The van der Waals surface area contributed by atoms with E-state index in [0.717, 1.165) is 50.4 Å². The maximum absolute atomic E-state index is 13.4. The summed E-state index contributed by atoms with van der Waals surface area (Å²) in [6.45, 7) is 11.4. The number of aromatic nitrogens is 1. The van der Waals surface area contributed by atoms with Crippen molar-refractivity contribution in [1.82, 2.24) is 31.2 Å². The Hall–Kier alpha value is -1.58. The van der Waals surface area contributed by atoms with E-state index in [9.17, 15) is 4.79 Å². The SMILES string of the molecule is CC(C)(C)c1cccc(C2C(=O)NC(N3CCOCC3)NC2N[C@@H]2CCCNC2)n1. The monoisotopic (exact) mass is 416 g/mol. The number of nitrogens with zero attached hydrogens (tertiary/aromatic N) is 2. The minimum atomic E-state index is -0.383. The van der Waals surface area contributed by atoms with Gasteiger partial charge in [0.25, 0.3) is 0 Å². The minimum Gasteiger partial charge on any atom is -0.379 e. The van der Waals surface area contributed by atoms with E-state index in [1.807, 2.05) is 18.2 Å². The van der Waals surface area contributed by atoms with Crippen LogP contribution in [0.3, 0.4) is 0 Å². The first-order chi connectivity index (χ1) is 14.4. The molecule has 3 saturated heterocycles. The molecular formula is C22H36N6O2. The Morgan fingerprint density at radius 3 is 2.73 bits per heavy atom. The summed E-state index contributed by atoms with van der Waals surface area (Å²) >= 11 is 0. The fourth-order valence-electron chi connectivity index (χ4n) is 4.46. The first-order valence-corrected chi connectivity index (χ1v) is 11.2. The van der Waals surface area contributed by atoms with Crippen LogP contribution >= 0.6 is 0 Å². The van der Waals surface area contributed by atoms with Gasteiger partial charge in [0.05, 0.1) is 25.1 Å². The second-order valence-electron chi connectivity index (χ2n) is 9.59. The van der Waals surface area contributed by atoms with Crippen molar-refractivity contribution < 1.29 is 9.53 Å². The van der Waals surface area contributed by atoms with E-state index >= 15 is 0 Å². The number of rotatable bonds is 4. The smallest absolute Gasteiger partial charge is 0.234 e. The van der Waals surface area contributed by atoms with Crippen molar-refractivity contribution in [3.8, 4) is 0 Å². The number of carbonyl (C=O) groups excluding carboxylic acids is 1. The van der Waals surface area contributed by atoms with Crippen LogP contribution in [0.4, 0.5) is 0 Å². The molecule has 1 aromatic heterocycles. The molecule has 0 saturated carbocycles. The molecule has 1 amide bonds. The Morgan fingerprint density at radius 1 is 1.23 bits per heavy atom. The number of piperidine rings is 1. The number of pyridine rings is 1. The van der Waals surface area contributed by atoms with Crippen LogP contribution in [0.1, 0.15) is 50.9 Å². The van der Waals surface area contributed by atoms with E-state index in [2.05, 4.69) is 46.9 Å². The molecule has 3 aliphatic heterocycles. The number of morpholine rings is 1. The van der Waals surface area contributed by atoms with Crippen molar-refractivity contribution in [3.05, 3.63) is 29.6 Å². The maximum atomic E-state index is 13.4. The van der Waals surface area contributed by atoms with Crippen molar-refractivity contribution in [1.29, 1.82) is 0 Å². The molecule has 0 spiro atoms. The largest absolute Gasteiger partial charge is 0.379 e. The Kier molecular flexibility index (Phi) is 6.69. The summed E-state index contributed by atoms with van der Waals surface area (Å²) in [5.74, 6) is -0.364. The summed E-state index contributed by atoms with van der Waals surface area (Å²) in [6, 6.07) is 6.37. The predicted molar refractivity (Wildman–Crippen MR) is 116 cm³/mol. The van der Waals surface area contributed by atoms with Gasteiger partial charge < -0.3 is 15.4 Å². The summed E-state index contributed by atoms with van der Waals surface area (Å²) < 4.78 is 5.49. The zero-order chi connectivity index (χ0) is 21.1. The molecule has 0 aromatic carbocycles. The molecular weight excluding hydrogens is 380 g/mol. The van der Waals surface area contributed by atoms with E-state index in [4.69, 9.17) is 9.72 Å². The van der Waals surface area contributed by atoms with E-state index < -0.39 is 0 Å². The van der Waals surface area contributed by atoms with Crippen LogP contribution in [0.15, 0.2) is 18.2 Å². The first-order valence-electron chi connectivity index (χ1n) is 11.2. The quantitative estimate of drug-likeness (QED) is 0.567. The first kappa shape index (κ1) is 21.6. The van der Waals surface area contributed by atoms with Crippen molar-refractivity contribution in [2.45, 2.75) is 63.4 Å². The lowest BCUT2D eigenvalue weighted by Gasteiger charge is -2.44. The molecule has 3 aliphatic rings. The standard InChI is InChI=1S/C22H36N6O2/c1-22(2,3)17-8-4-7-16(25-17)18-19(24-15-6-5-9-23-14-15)26-21(27-20(18)29)28-10-12-30-13-11-28/h4,7-8,15,18-19,21,23-24,26H,5-6,9-14H2,1-3H3,(H,27,29)/t15-,18?,19?,21?/m1/s1. The molecule has 4 N–H and O–H groups in total. The number of amides is 1. The molecule has 3 fully saturated rings. The average molecular weight is 417 g/mol. The van der Waals surface area contributed by atoms with Crippen LogP contribution < -0.4 is 21.3 Å². The Morgan fingerprint density at radius 2 is 2.03 bits per heavy atom. The number of nitrogens with one attached hydrogen (secondary N) is 4. The number of ether oxygens (including phenoxy) is 1. The second kappa shape index (κ2) is 9.28. The molecule has 0 bridgehead atoms. The van der Waals surface area contributed by atoms with Crippen molar-refractivity contribution in [2.24, 2.45) is 0 Å². The van der Waals surface area contributed by atoms with Crippen LogP contribution in [0, 0.1) is 0 Å². The van der Waals surface area contributed by atoms with Gasteiger partial charge in [-0.1, -0.05) is 26.8 Å². The van der Waals surface area contributed by atoms with Crippen LogP contribution in [0.5, 0.6) is 0 Å². The Balaban J connectivity index is 1.59. The van der Waals surface area contributed by atoms with Crippen LogP contribution in [-0.4, -0.2) is 73.7 Å². The molecule has 0 aliphatic carbocycles. The van der Waals surface area contributed by atoms with Gasteiger partial charge in [-0.3, -0.25) is 25.3 Å². The maximum Gasteiger partial charge on any atom is 0.234 e. The zero-order valence-electron chi connectivity index (χ0n) is 18.4. The second-order valence-corrected chi connectivity index (χ2v) is 9.59. The normalized spacial score (nSPS) is 31.4. The molecule has 8 nitrogen and oxygen atoms in total. The van der Waals surface area contributed by atoms with E-state index in [-0.39, 0.29) is 29.7 Å². The molecule has 166 valence electrons. The van der Waals surface area contributed by atoms with Gasteiger partial charge in [-0.05, 0) is 31.5 Å². The fraction of sp³-hybridized carbons (Fsp3) is 0.727. The molecule has 8 heteroatoms. The van der Waals surface area contributed by atoms with Crippen LogP contribution in [-0.2, 0) is 14.9 Å². The zero-order valence-corrected chi connectivity index (χ0v) is 18.4. The topological polar surface area (TPSA) is 90.6 Å². The molecule has 3 unspecified atom stereocenters. The van der Waals surface area contributed by atoms with Gasteiger partial charge in [0.2, 0.25) is 5.91 Å². The highest BCUT2D eigenvalue weighted by molar-refractivity contribution is 5.85. The van der Waals surface area contributed by atoms with Gasteiger partial charge in [-0.2, -0.15) is 0 Å². The van der Waals surface area contributed by atoms with Gasteiger partial charge in [-0.25, -0.2) is 0 Å². The lowest BCUT2D eigenvalue weighted by molar-refractivity contribution is -0.131. The number of carbonyl (C=O) groups is 1. The highest BCUT2D eigenvalue weighted by atomic mass is 16.5. The van der Waals surface area contributed by atoms with Crippen molar-refractivity contribution in [2.75, 3.05) is 39.4 Å². The summed E-state index contributed by atoms with van der Waals surface area (Å²) in [6.07, 6.45) is 1.88. The van der Waals surface area contributed by atoms with Crippen LogP contribution in [0.2, 0.25) is 0 Å². The van der Waals surface area contributed by atoms with E-state index in [1.165, 1.54) is 0 Å². The summed E-state index contributed by atoms with van der Waals surface area (Å²) in [4.78, 5) is 20.5. The molecule has 4 heterocycles. The highest BCUT2D eigenvalue weighted by Crippen LogP contribution is 2.26. The summed E-state index contributed by atoms with van der Waals surface area (Å²) in [5.41, 5.74) is 1.75. The van der Waals surface area contributed by atoms with Gasteiger partial charge in [0.1, 0.15) is 12.2 Å². The lowest BCUT2D eigenvalue weighted by atomic mass is 9.90. The molecule has 4 rings (SSSR count). The molecule has 1 aromatic rings. The Bertz CT molecular complexity index is 725. The van der Waals surface area contributed by atoms with Crippen molar-refractivity contribution in [3.63, 3.8) is 0 Å². The van der Waals surface area contributed by atoms with E-state index in [1.54, 1.807) is 0 Å². The fourth-order valence-corrected chi connectivity index (χ4v) is 4.46.